The molecule has 1 aromatic carbocycles. The summed E-state index contributed by atoms with van der Waals surface area (Å²) in [6.45, 7) is 9.86. The lowest BCUT2D eigenvalue weighted by Crippen LogP contribution is -2.40. The minimum Gasteiger partial charge on any atom is -0.314 e. The molecule has 0 aliphatic carbocycles. The number of halogens is 2. The van der Waals surface area contributed by atoms with E-state index in [0.717, 1.165) is 35.8 Å². The SMILES string of the molecule is CCNC(CCCc1ccc(Br)cc1F)C(C)(C)C. The summed E-state index contributed by atoms with van der Waals surface area (Å²) in [6, 6.07) is 5.81. The quantitative estimate of drug-likeness (QED) is 0.779. The van der Waals surface area contributed by atoms with Gasteiger partial charge < -0.3 is 5.32 Å². The summed E-state index contributed by atoms with van der Waals surface area (Å²) >= 11 is 3.28. The van der Waals surface area contributed by atoms with E-state index >= 15 is 0 Å². The van der Waals surface area contributed by atoms with Gasteiger partial charge in [0.2, 0.25) is 0 Å². The fourth-order valence-corrected chi connectivity index (χ4v) is 2.64. The Labute approximate surface area is 125 Å². The summed E-state index contributed by atoms with van der Waals surface area (Å²) in [7, 11) is 0. The van der Waals surface area contributed by atoms with Crippen molar-refractivity contribution in [2.24, 2.45) is 5.41 Å². The number of rotatable bonds is 6. The minimum atomic E-state index is -0.106. The molecule has 1 nitrogen and oxygen atoms in total. The Hall–Kier alpha value is -0.410. The second-order valence-corrected chi connectivity index (χ2v) is 7.02. The van der Waals surface area contributed by atoms with E-state index in [1.807, 2.05) is 12.1 Å². The van der Waals surface area contributed by atoms with Crippen LogP contribution in [0.4, 0.5) is 4.39 Å². The van der Waals surface area contributed by atoms with Crippen LogP contribution in [0.25, 0.3) is 0 Å². The lowest BCUT2D eigenvalue weighted by atomic mass is 9.83. The molecule has 1 aromatic rings. The van der Waals surface area contributed by atoms with E-state index in [1.54, 1.807) is 6.07 Å². The van der Waals surface area contributed by atoms with Crippen molar-refractivity contribution in [3.8, 4) is 0 Å². The first-order chi connectivity index (χ1) is 8.84. The second kappa shape index (κ2) is 7.39. The van der Waals surface area contributed by atoms with Gasteiger partial charge >= 0.3 is 0 Å². The predicted octanol–water partition coefficient (Wildman–Crippen LogP) is 4.94. The van der Waals surface area contributed by atoms with Gasteiger partial charge in [0.25, 0.3) is 0 Å². The molecule has 0 saturated carbocycles. The van der Waals surface area contributed by atoms with Gasteiger partial charge in [-0.2, -0.15) is 0 Å². The summed E-state index contributed by atoms with van der Waals surface area (Å²) < 4.78 is 14.5. The Kier molecular flexibility index (Phi) is 6.48. The molecule has 0 aromatic heterocycles. The molecule has 0 amide bonds. The van der Waals surface area contributed by atoms with E-state index in [9.17, 15) is 4.39 Å². The van der Waals surface area contributed by atoms with Crippen molar-refractivity contribution in [2.45, 2.75) is 53.0 Å². The van der Waals surface area contributed by atoms with Crippen LogP contribution in [0.2, 0.25) is 0 Å². The summed E-state index contributed by atoms with van der Waals surface area (Å²) in [4.78, 5) is 0. The second-order valence-electron chi connectivity index (χ2n) is 6.10. The van der Waals surface area contributed by atoms with Gasteiger partial charge in [0.1, 0.15) is 5.82 Å². The van der Waals surface area contributed by atoms with E-state index < -0.39 is 0 Å². The molecule has 1 rings (SSSR count). The summed E-state index contributed by atoms with van der Waals surface area (Å²) in [5.74, 6) is -0.106. The Balaban J connectivity index is 2.52. The maximum atomic E-state index is 13.7. The Morgan fingerprint density at radius 2 is 2.00 bits per heavy atom. The van der Waals surface area contributed by atoms with Crippen molar-refractivity contribution < 1.29 is 4.39 Å². The normalized spacial score (nSPS) is 13.6. The van der Waals surface area contributed by atoms with Crippen LogP contribution < -0.4 is 5.32 Å². The summed E-state index contributed by atoms with van der Waals surface area (Å²) in [6.07, 6.45) is 2.89. The number of aryl methyl sites for hydroxylation is 1. The Morgan fingerprint density at radius 1 is 1.32 bits per heavy atom. The predicted molar refractivity (Wildman–Crippen MR) is 84.0 cm³/mol. The average molecular weight is 330 g/mol. The van der Waals surface area contributed by atoms with E-state index in [4.69, 9.17) is 0 Å². The fraction of sp³-hybridized carbons (Fsp3) is 0.625. The number of benzene rings is 1. The van der Waals surface area contributed by atoms with E-state index in [2.05, 4.69) is 48.9 Å². The number of hydrogen-bond acceptors (Lipinski definition) is 1. The van der Waals surface area contributed by atoms with Gasteiger partial charge in [-0.1, -0.05) is 49.7 Å². The molecular weight excluding hydrogens is 305 g/mol. The molecule has 0 saturated heterocycles. The standard InChI is InChI=1S/C16H25BrFN/c1-5-19-15(16(2,3)4)8-6-7-12-9-10-13(17)11-14(12)18/h9-11,15,19H,5-8H2,1-4H3. The molecule has 0 fully saturated rings. The molecular formula is C16H25BrFN. The molecule has 0 bridgehead atoms. The lowest BCUT2D eigenvalue weighted by Gasteiger charge is -2.31. The van der Waals surface area contributed by atoms with Crippen LogP contribution in [0.1, 0.15) is 46.1 Å². The molecule has 108 valence electrons. The zero-order chi connectivity index (χ0) is 14.5. The van der Waals surface area contributed by atoms with Crippen molar-refractivity contribution in [1.82, 2.24) is 5.32 Å². The highest BCUT2D eigenvalue weighted by Gasteiger charge is 2.23. The third kappa shape index (κ3) is 5.62. The van der Waals surface area contributed by atoms with Gasteiger partial charge in [-0.3, -0.25) is 0 Å². The highest BCUT2D eigenvalue weighted by atomic mass is 79.9. The smallest absolute Gasteiger partial charge is 0.127 e. The molecule has 0 spiro atoms. The van der Waals surface area contributed by atoms with Gasteiger partial charge in [0, 0.05) is 10.5 Å². The van der Waals surface area contributed by atoms with Gasteiger partial charge in [-0.05, 0) is 48.9 Å². The van der Waals surface area contributed by atoms with E-state index in [-0.39, 0.29) is 11.2 Å². The monoisotopic (exact) mass is 329 g/mol. The van der Waals surface area contributed by atoms with Gasteiger partial charge in [0.05, 0.1) is 0 Å². The van der Waals surface area contributed by atoms with Crippen molar-refractivity contribution in [3.63, 3.8) is 0 Å². The van der Waals surface area contributed by atoms with Gasteiger partial charge in [-0.25, -0.2) is 4.39 Å². The third-order valence-electron chi connectivity index (χ3n) is 3.45. The highest BCUT2D eigenvalue weighted by Crippen LogP contribution is 2.24. The molecule has 3 heteroatoms. The maximum Gasteiger partial charge on any atom is 0.127 e. The number of nitrogens with one attached hydrogen (secondary N) is 1. The van der Waals surface area contributed by atoms with Crippen molar-refractivity contribution in [3.05, 3.63) is 34.1 Å². The molecule has 1 unspecified atom stereocenters. The minimum absolute atomic E-state index is 0.106. The fourth-order valence-electron chi connectivity index (χ4n) is 2.31. The number of hydrogen-bond donors (Lipinski definition) is 1. The van der Waals surface area contributed by atoms with Crippen LogP contribution >= 0.6 is 15.9 Å². The maximum absolute atomic E-state index is 13.7. The van der Waals surface area contributed by atoms with Gasteiger partial charge in [-0.15, -0.1) is 0 Å². The summed E-state index contributed by atoms with van der Waals surface area (Å²) in [5, 5.41) is 3.53. The van der Waals surface area contributed by atoms with Crippen molar-refractivity contribution >= 4 is 15.9 Å². The lowest BCUT2D eigenvalue weighted by molar-refractivity contribution is 0.254. The third-order valence-corrected chi connectivity index (χ3v) is 3.94. The van der Waals surface area contributed by atoms with Crippen molar-refractivity contribution in [2.75, 3.05) is 6.54 Å². The Morgan fingerprint density at radius 3 is 2.53 bits per heavy atom. The topological polar surface area (TPSA) is 12.0 Å². The van der Waals surface area contributed by atoms with Crippen LogP contribution in [0.3, 0.4) is 0 Å². The first kappa shape index (κ1) is 16.6. The molecule has 0 radical (unpaired) electrons. The van der Waals surface area contributed by atoms with E-state index in [1.165, 1.54) is 0 Å². The first-order valence-corrected chi connectivity index (χ1v) is 7.81. The average Bonchev–Trinajstić information content (AvgIpc) is 2.29. The molecule has 0 aliphatic rings. The zero-order valence-electron chi connectivity index (χ0n) is 12.4. The van der Waals surface area contributed by atoms with Crippen molar-refractivity contribution in [1.29, 1.82) is 0 Å². The zero-order valence-corrected chi connectivity index (χ0v) is 14.0. The Bertz CT molecular complexity index is 398. The van der Waals surface area contributed by atoms with Crippen LogP contribution in [-0.4, -0.2) is 12.6 Å². The molecule has 0 heterocycles. The largest absolute Gasteiger partial charge is 0.314 e. The highest BCUT2D eigenvalue weighted by molar-refractivity contribution is 9.10. The summed E-state index contributed by atoms with van der Waals surface area (Å²) in [5.41, 5.74) is 1.06. The van der Waals surface area contributed by atoms with Crippen LogP contribution in [0.5, 0.6) is 0 Å². The first-order valence-electron chi connectivity index (χ1n) is 7.02. The van der Waals surface area contributed by atoms with E-state index in [0.29, 0.717) is 6.04 Å². The molecule has 1 N–H and O–H groups in total. The van der Waals surface area contributed by atoms with Crippen LogP contribution in [-0.2, 0) is 6.42 Å². The van der Waals surface area contributed by atoms with Crippen LogP contribution in [0.15, 0.2) is 22.7 Å². The van der Waals surface area contributed by atoms with Gasteiger partial charge in [0.15, 0.2) is 0 Å². The molecule has 1 atom stereocenters. The van der Waals surface area contributed by atoms with Crippen LogP contribution in [0, 0.1) is 11.2 Å². The molecule has 19 heavy (non-hydrogen) atoms. The molecule has 0 aliphatic heterocycles.